The summed E-state index contributed by atoms with van der Waals surface area (Å²) in [6, 6.07) is 14.7. The Hall–Kier alpha value is -1.63. The highest BCUT2D eigenvalue weighted by Crippen LogP contribution is 2.32. The molecule has 3 rings (SSSR count). The average Bonchev–Trinajstić information content (AvgIpc) is 2.67. The minimum Gasteiger partial charge on any atom is -0.308 e. The molecule has 0 aromatic heterocycles. The summed E-state index contributed by atoms with van der Waals surface area (Å²) in [5.74, 6) is 0.648. The van der Waals surface area contributed by atoms with E-state index in [1.165, 1.54) is 49.8 Å². The Morgan fingerprint density at radius 3 is 2.19 bits per heavy atom. The van der Waals surface area contributed by atoms with Gasteiger partial charge in [-0.05, 0) is 54.2 Å². The molecule has 2 N–H and O–H groups in total. The fourth-order valence-electron chi connectivity index (χ4n) is 3.27. The van der Waals surface area contributed by atoms with Crippen molar-refractivity contribution in [3.63, 3.8) is 0 Å². The van der Waals surface area contributed by atoms with Gasteiger partial charge in [0.2, 0.25) is 0 Å². The van der Waals surface area contributed by atoms with Gasteiger partial charge in [0.05, 0.1) is 4.90 Å². The number of sulfonamides is 1. The molecule has 1 aliphatic rings. The molecular formula is C20H23BrN2O2S. The van der Waals surface area contributed by atoms with Gasteiger partial charge >= 0.3 is 0 Å². The maximum Gasteiger partial charge on any atom is 0.257 e. The van der Waals surface area contributed by atoms with Crippen molar-refractivity contribution in [2.24, 2.45) is 0 Å². The zero-order valence-corrected chi connectivity index (χ0v) is 16.9. The van der Waals surface area contributed by atoms with E-state index in [1.54, 1.807) is 12.1 Å². The van der Waals surface area contributed by atoms with Crippen LogP contribution in [0.1, 0.15) is 49.1 Å². The van der Waals surface area contributed by atoms with Gasteiger partial charge in [-0.2, -0.15) is 0 Å². The van der Waals surface area contributed by atoms with Gasteiger partial charge in [-0.3, -0.25) is 0 Å². The van der Waals surface area contributed by atoms with E-state index >= 15 is 0 Å². The number of nitrogens with one attached hydrogen (secondary N) is 2. The summed E-state index contributed by atoms with van der Waals surface area (Å²) in [5, 5.41) is 0. The van der Waals surface area contributed by atoms with Crippen LogP contribution in [-0.4, -0.2) is 8.42 Å². The van der Waals surface area contributed by atoms with E-state index in [2.05, 4.69) is 44.9 Å². The zero-order valence-electron chi connectivity index (χ0n) is 14.5. The third-order valence-electron chi connectivity index (χ3n) is 4.80. The number of halogens is 1. The van der Waals surface area contributed by atoms with Crippen molar-refractivity contribution in [1.82, 2.24) is 10.3 Å². The Kier molecular flexibility index (Phi) is 6.16. The first-order chi connectivity index (χ1) is 12.5. The Labute approximate surface area is 163 Å². The molecular weight excluding hydrogens is 412 g/mol. The molecule has 0 radical (unpaired) electrons. The number of rotatable bonds is 6. The summed E-state index contributed by atoms with van der Waals surface area (Å²) >= 11 is 3.29. The molecule has 1 fully saturated rings. The van der Waals surface area contributed by atoms with Gasteiger partial charge < -0.3 is 5.43 Å². The summed E-state index contributed by atoms with van der Waals surface area (Å²) < 4.78 is 25.4. The Balaban J connectivity index is 1.61. The third kappa shape index (κ3) is 4.75. The summed E-state index contributed by atoms with van der Waals surface area (Å²) in [6.07, 6.45) is 6.46. The molecule has 6 heteroatoms. The lowest BCUT2D eigenvalue weighted by molar-refractivity contribution is 0.443. The highest BCUT2D eigenvalue weighted by molar-refractivity contribution is 9.10. The van der Waals surface area contributed by atoms with Crippen LogP contribution in [0.2, 0.25) is 0 Å². The van der Waals surface area contributed by atoms with E-state index in [0.29, 0.717) is 11.6 Å². The van der Waals surface area contributed by atoms with Crippen molar-refractivity contribution >= 4 is 31.7 Å². The molecule has 0 spiro atoms. The molecule has 0 atom stereocenters. The number of hydrogen-bond acceptors (Lipinski definition) is 3. The molecule has 1 aliphatic carbocycles. The van der Waals surface area contributed by atoms with Crippen LogP contribution in [0.3, 0.4) is 0 Å². The smallest absolute Gasteiger partial charge is 0.257 e. The standard InChI is InChI=1S/C20H23BrN2O2S/c1-15(22-23-26(24,25)20-13-11-19(21)12-14-20)16-7-9-18(10-8-16)17-5-3-2-4-6-17/h7-14,17,22-23H,1-6H2. The normalized spacial score (nSPS) is 15.6. The van der Waals surface area contributed by atoms with Crippen LogP contribution in [0, 0.1) is 0 Å². The van der Waals surface area contributed by atoms with E-state index < -0.39 is 10.0 Å². The van der Waals surface area contributed by atoms with Crippen LogP contribution in [0.5, 0.6) is 0 Å². The predicted octanol–water partition coefficient (Wildman–Crippen LogP) is 4.95. The van der Waals surface area contributed by atoms with Crippen LogP contribution >= 0.6 is 15.9 Å². The summed E-state index contributed by atoms with van der Waals surface area (Å²) in [6.45, 7) is 3.93. The van der Waals surface area contributed by atoms with Gasteiger partial charge in [0, 0.05) is 10.2 Å². The lowest BCUT2D eigenvalue weighted by Gasteiger charge is -2.22. The Morgan fingerprint density at radius 1 is 0.962 bits per heavy atom. The number of benzene rings is 2. The van der Waals surface area contributed by atoms with Gasteiger partial charge in [0.15, 0.2) is 0 Å². The van der Waals surface area contributed by atoms with Gasteiger partial charge in [-0.15, -0.1) is 4.83 Å². The predicted molar refractivity (Wildman–Crippen MR) is 109 cm³/mol. The van der Waals surface area contributed by atoms with Crippen LogP contribution in [-0.2, 0) is 10.0 Å². The number of hydrazine groups is 1. The molecule has 2 aromatic rings. The van der Waals surface area contributed by atoms with Crippen LogP contribution in [0.25, 0.3) is 5.70 Å². The molecule has 0 heterocycles. The SMILES string of the molecule is C=C(NNS(=O)(=O)c1ccc(Br)cc1)c1ccc(C2CCCCC2)cc1. The van der Waals surface area contributed by atoms with E-state index in [-0.39, 0.29) is 4.90 Å². The zero-order chi connectivity index (χ0) is 18.6. The van der Waals surface area contributed by atoms with E-state index in [9.17, 15) is 8.42 Å². The van der Waals surface area contributed by atoms with Crippen LogP contribution in [0.15, 0.2) is 64.5 Å². The second-order valence-electron chi connectivity index (χ2n) is 6.62. The maximum atomic E-state index is 12.3. The summed E-state index contributed by atoms with van der Waals surface area (Å²) in [4.78, 5) is 2.57. The quantitative estimate of drug-likeness (QED) is 0.632. The first-order valence-corrected chi connectivity index (χ1v) is 11.1. The fourth-order valence-corrected chi connectivity index (χ4v) is 4.40. The van der Waals surface area contributed by atoms with E-state index in [4.69, 9.17) is 0 Å². The molecule has 4 nitrogen and oxygen atoms in total. The van der Waals surface area contributed by atoms with Crippen molar-refractivity contribution < 1.29 is 8.42 Å². The van der Waals surface area contributed by atoms with Crippen LogP contribution < -0.4 is 10.3 Å². The highest BCUT2D eigenvalue weighted by atomic mass is 79.9. The van der Waals surface area contributed by atoms with E-state index in [0.717, 1.165) is 10.0 Å². The number of hydrogen-bond donors (Lipinski definition) is 2. The van der Waals surface area contributed by atoms with Crippen molar-refractivity contribution in [3.05, 3.63) is 70.7 Å². The molecule has 0 unspecified atom stereocenters. The Bertz CT molecular complexity index is 856. The molecule has 0 aliphatic heterocycles. The molecule has 2 aromatic carbocycles. The van der Waals surface area contributed by atoms with Gasteiger partial charge in [0.25, 0.3) is 10.0 Å². The largest absolute Gasteiger partial charge is 0.308 e. The van der Waals surface area contributed by atoms with Crippen molar-refractivity contribution in [3.8, 4) is 0 Å². The lowest BCUT2D eigenvalue weighted by atomic mass is 9.84. The molecule has 0 amide bonds. The monoisotopic (exact) mass is 434 g/mol. The molecule has 0 saturated heterocycles. The first kappa shape index (κ1) is 19.1. The highest BCUT2D eigenvalue weighted by Gasteiger charge is 2.16. The molecule has 26 heavy (non-hydrogen) atoms. The summed E-state index contributed by atoms with van der Waals surface area (Å²) in [5.41, 5.74) is 5.44. The fraction of sp³-hybridized carbons (Fsp3) is 0.300. The van der Waals surface area contributed by atoms with Crippen molar-refractivity contribution in [1.29, 1.82) is 0 Å². The average molecular weight is 435 g/mol. The van der Waals surface area contributed by atoms with Gasteiger partial charge in [-0.1, -0.05) is 66.0 Å². The maximum absolute atomic E-state index is 12.3. The molecule has 1 saturated carbocycles. The first-order valence-electron chi connectivity index (χ1n) is 8.78. The molecule has 138 valence electrons. The third-order valence-corrected chi connectivity index (χ3v) is 6.59. The van der Waals surface area contributed by atoms with E-state index in [1.807, 2.05) is 12.1 Å². The summed E-state index contributed by atoms with van der Waals surface area (Å²) in [7, 11) is -3.65. The minimum atomic E-state index is -3.65. The second kappa shape index (κ2) is 8.37. The van der Waals surface area contributed by atoms with Gasteiger partial charge in [-0.25, -0.2) is 8.42 Å². The molecule has 0 bridgehead atoms. The van der Waals surface area contributed by atoms with Crippen molar-refractivity contribution in [2.75, 3.05) is 0 Å². The Morgan fingerprint density at radius 2 is 1.58 bits per heavy atom. The topological polar surface area (TPSA) is 58.2 Å². The lowest BCUT2D eigenvalue weighted by Crippen LogP contribution is -2.35. The second-order valence-corrected chi connectivity index (χ2v) is 9.22. The van der Waals surface area contributed by atoms with Crippen LogP contribution in [0.4, 0.5) is 0 Å². The van der Waals surface area contributed by atoms with Gasteiger partial charge in [0.1, 0.15) is 0 Å². The minimum absolute atomic E-state index is 0.189. The van der Waals surface area contributed by atoms with Crippen molar-refractivity contribution in [2.45, 2.75) is 42.9 Å².